The van der Waals surface area contributed by atoms with Gasteiger partial charge in [-0.05, 0) is 64.7 Å². The molecule has 1 amide bonds. The van der Waals surface area contributed by atoms with Crippen molar-refractivity contribution in [2.24, 2.45) is 0 Å². The van der Waals surface area contributed by atoms with Gasteiger partial charge in [0.05, 0.1) is 5.57 Å². The molecule has 1 saturated heterocycles. The number of carbonyl (C=O) groups excluding carboxylic acids is 2. The summed E-state index contributed by atoms with van der Waals surface area (Å²) in [5, 5.41) is 15.2. The van der Waals surface area contributed by atoms with E-state index in [4.69, 9.17) is 4.74 Å². The Morgan fingerprint density at radius 3 is 2.19 bits per heavy atom. The summed E-state index contributed by atoms with van der Waals surface area (Å²) >= 11 is 1.43. The van der Waals surface area contributed by atoms with E-state index in [0.717, 1.165) is 15.6 Å². The summed E-state index contributed by atoms with van der Waals surface area (Å²) in [7, 11) is 0. The lowest BCUT2D eigenvalue weighted by molar-refractivity contribution is -0.132. The number of para-hydroxylation sites is 1. The molecule has 1 N–H and O–H groups in total. The summed E-state index contributed by atoms with van der Waals surface area (Å²) in [6, 6.07) is 32.7. The molecule has 180 valence electrons. The first-order valence-corrected chi connectivity index (χ1v) is 12.6. The lowest BCUT2D eigenvalue weighted by atomic mass is 9.98. The van der Waals surface area contributed by atoms with Gasteiger partial charge in [0.1, 0.15) is 23.3 Å². The maximum atomic E-state index is 13.4. The van der Waals surface area contributed by atoms with Crippen LogP contribution in [0.2, 0.25) is 0 Å². The molecule has 1 fully saturated rings. The van der Waals surface area contributed by atoms with Crippen LogP contribution in [0.4, 0.5) is 5.69 Å². The fraction of sp³-hybridized carbons (Fsp3) is 0.0323. The van der Waals surface area contributed by atoms with Crippen molar-refractivity contribution in [1.29, 1.82) is 0 Å². The van der Waals surface area contributed by atoms with Gasteiger partial charge in [0.25, 0.3) is 11.7 Å². The van der Waals surface area contributed by atoms with Crippen LogP contribution < -0.4 is 9.64 Å². The number of hydrogen-bond acceptors (Lipinski definition) is 5. The van der Waals surface area contributed by atoms with Gasteiger partial charge in [-0.3, -0.25) is 14.5 Å². The van der Waals surface area contributed by atoms with Gasteiger partial charge in [-0.25, -0.2) is 0 Å². The molecule has 37 heavy (non-hydrogen) atoms. The van der Waals surface area contributed by atoms with E-state index >= 15 is 0 Å². The van der Waals surface area contributed by atoms with Crippen LogP contribution in [0, 0.1) is 0 Å². The van der Waals surface area contributed by atoms with E-state index in [0.29, 0.717) is 22.7 Å². The zero-order valence-corrected chi connectivity index (χ0v) is 20.4. The minimum atomic E-state index is -0.743. The second-order valence-corrected chi connectivity index (χ2v) is 9.63. The summed E-state index contributed by atoms with van der Waals surface area (Å²) < 4.78 is 5.88. The molecule has 1 aliphatic heterocycles. The van der Waals surface area contributed by atoms with Gasteiger partial charge in [0.2, 0.25) is 0 Å². The fourth-order valence-electron chi connectivity index (χ4n) is 4.61. The van der Waals surface area contributed by atoms with Gasteiger partial charge in [0, 0.05) is 16.1 Å². The number of benzene rings is 4. The van der Waals surface area contributed by atoms with Crippen LogP contribution in [0.5, 0.6) is 11.5 Å². The van der Waals surface area contributed by atoms with Crippen LogP contribution in [0.3, 0.4) is 0 Å². The van der Waals surface area contributed by atoms with Crippen LogP contribution in [0.1, 0.15) is 16.5 Å². The average Bonchev–Trinajstić information content (AvgIpc) is 3.56. The highest BCUT2D eigenvalue weighted by molar-refractivity contribution is 7.10. The highest BCUT2D eigenvalue weighted by Gasteiger charge is 2.47. The summed E-state index contributed by atoms with van der Waals surface area (Å²) in [5.74, 6) is -0.278. The van der Waals surface area contributed by atoms with E-state index in [1.54, 1.807) is 30.3 Å². The number of anilines is 1. The SMILES string of the molecule is O=C1C(=O)N(c2ccc(Oc3ccccc3)cc2)C(c2cccs2)/C1=C(/O)c1ccc2ccccc2c1. The number of ether oxygens (including phenoxy) is 1. The Labute approximate surface area is 217 Å². The molecular weight excluding hydrogens is 482 g/mol. The molecule has 0 bridgehead atoms. The normalized spacial score (nSPS) is 16.9. The number of carbonyl (C=O) groups is 2. The first-order chi connectivity index (χ1) is 18.1. The second-order valence-electron chi connectivity index (χ2n) is 8.66. The Morgan fingerprint density at radius 1 is 0.757 bits per heavy atom. The van der Waals surface area contributed by atoms with Crippen molar-refractivity contribution < 1.29 is 19.4 Å². The van der Waals surface area contributed by atoms with Crippen molar-refractivity contribution in [3.05, 3.63) is 131 Å². The first-order valence-electron chi connectivity index (χ1n) is 11.8. The Hall–Kier alpha value is -4.68. The lowest BCUT2D eigenvalue weighted by Crippen LogP contribution is -2.29. The predicted octanol–water partition coefficient (Wildman–Crippen LogP) is 7.32. The zero-order valence-electron chi connectivity index (χ0n) is 19.6. The van der Waals surface area contributed by atoms with Crippen molar-refractivity contribution >= 4 is 45.2 Å². The summed E-state index contributed by atoms with van der Waals surface area (Å²) in [6.07, 6.45) is 0. The quantitative estimate of drug-likeness (QED) is 0.155. The average molecular weight is 504 g/mol. The molecule has 4 aromatic carbocycles. The van der Waals surface area contributed by atoms with Crippen molar-refractivity contribution in [3.63, 3.8) is 0 Å². The Bertz CT molecular complexity index is 1640. The van der Waals surface area contributed by atoms with Crippen LogP contribution in [0.25, 0.3) is 16.5 Å². The van der Waals surface area contributed by atoms with E-state index in [1.807, 2.05) is 84.2 Å². The van der Waals surface area contributed by atoms with Crippen molar-refractivity contribution in [2.45, 2.75) is 6.04 Å². The Morgan fingerprint density at radius 2 is 1.46 bits per heavy atom. The topological polar surface area (TPSA) is 66.8 Å². The molecule has 1 aliphatic rings. The monoisotopic (exact) mass is 503 g/mol. The van der Waals surface area contributed by atoms with Gasteiger partial charge in [-0.2, -0.15) is 0 Å². The third-order valence-electron chi connectivity index (χ3n) is 6.37. The molecule has 5 aromatic rings. The third kappa shape index (κ3) is 4.17. The van der Waals surface area contributed by atoms with Gasteiger partial charge in [0.15, 0.2) is 0 Å². The molecule has 1 aromatic heterocycles. The maximum absolute atomic E-state index is 13.4. The number of ketones is 1. The van der Waals surface area contributed by atoms with Gasteiger partial charge < -0.3 is 9.84 Å². The number of rotatable bonds is 5. The van der Waals surface area contributed by atoms with Gasteiger partial charge in [-0.15, -0.1) is 11.3 Å². The minimum absolute atomic E-state index is 0.0762. The minimum Gasteiger partial charge on any atom is -0.507 e. The van der Waals surface area contributed by atoms with Crippen LogP contribution in [0.15, 0.2) is 120 Å². The predicted molar refractivity (Wildman–Crippen MR) is 146 cm³/mol. The highest BCUT2D eigenvalue weighted by atomic mass is 32.1. The second kappa shape index (κ2) is 9.41. The standard InChI is InChI=1S/C31H21NO4S/c33-29(22-13-12-20-7-4-5-8-21(20)19-22)27-28(26-11-6-18-37-26)32(31(35)30(27)34)23-14-16-25(17-15-23)36-24-9-2-1-3-10-24/h1-19,28,33H/b29-27-. The molecule has 5 nitrogen and oxygen atoms in total. The molecule has 0 spiro atoms. The van der Waals surface area contributed by atoms with Crippen molar-refractivity contribution in [3.8, 4) is 11.5 Å². The summed E-state index contributed by atoms with van der Waals surface area (Å²) in [6.45, 7) is 0. The molecular formula is C31H21NO4S. The Balaban J connectivity index is 1.42. The molecule has 0 saturated carbocycles. The molecule has 1 unspecified atom stereocenters. The van der Waals surface area contributed by atoms with E-state index in [1.165, 1.54) is 16.2 Å². The molecule has 6 heteroatoms. The zero-order chi connectivity index (χ0) is 25.4. The third-order valence-corrected chi connectivity index (χ3v) is 7.30. The number of nitrogens with zero attached hydrogens (tertiary/aromatic N) is 1. The van der Waals surface area contributed by atoms with Crippen LogP contribution in [-0.2, 0) is 9.59 Å². The number of aliphatic hydroxyl groups is 1. The highest BCUT2D eigenvalue weighted by Crippen LogP contribution is 2.44. The smallest absolute Gasteiger partial charge is 0.300 e. The Kier molecular flexibility index (Phi) is 5.79. The molecule has 6 rings (SSSR count). The number of amides is 1. The molecule has 0 aliphatic carbocycles. The number of thiophene rings is 1. The number of hydrogen-bond donors (Lipinski definition) is 1. The van der Waals surface area contributed by atoms with E-state index in [2.05, 4.69) is 0 Å². The van der Waals surface area contributed by atoms with Crippen LogP contribution >= 0.6 is 11.3 Å². The summed E-state index contributed by atoms with van der Waals surface area (Å²) in [5.41, 5.74) is 1.11. The van der Waals surface area contributed by atoms with E-state index < -0.39 is 17.7 Å². The molecule has 1 atom stereocenters. The largest absolute Gasteiger partial charge is 0.507 e. The van der Waals surface area contributed by atoms with Crippen molar-refractivity contribution in [1.82, 2.24) is 0 Å². The fourth-order valence-corrected chi connectivity index (χ4v) is 5.43. The lowest BCUT2D eigenvalue weighted by Gasteiger charge is -2.24. The number of Topliss-reactive ketones (excluding diaryl/α,β-unsaturated/α-hetero) is 1. The van der Waals surface area contributed by atoms with Gasteiger partial charge >= 0.3 is 0 Å². The molecule has 0 radical (unpaired) electrons. The number of aliphatic hydroxyl groups excluding tert-OH is 1. The number of fused-ring (bicyclic) bond motifs is 1. The van der Waals surface area contributed by atoms with Crippen molar-refractivity contribution in [2.75, 3.05) is 4.90 Å². The van der Waals surface area contributed by atoms with E-state index in [-0.39, 0.29) is 11.3 Å². The molecule has 2 heterocycles. The maximum Gasteiger partial charge on any atom is 0.300 e. The van der Waals surface area contributed by atoms with Crippen LogP contribution in [-0.4, -0.2) is 16.8 Å². The van der Waals surface area contributed by atoms with E-state index in [9.17, 15) is 14.7 Å². The summed E-state index contributed by atoms with van der Waals surface area (Å²) in [4.78, 5) is 28.9. The van der Waals surface area contributed by atoms with Gasteiger partial charge in [-0.1, -0.05) is 60.7 Å². The first kappa shape index (κ1) is 22.8.